The molecule has 25 heavy (non-hydrogen) atoms. The van der Waals surface area contributed by atoms with Crippen LogP contribution in [0, 0.1) is 0 Å². The highest BCUT2D eigenvalue weighted by Gasteiger charge is 2.16. The Morgan fingerprint density at radius 3 is 2.52 bits per heavy atom. The average molecular weight is 377 g/mol. The number of para-hydroxylation sites is 1. The Labute approximate surface area is 155 Å². The largest absolute Gasteiger partial charge is 0.496 e. The molecule has 0 spiro atoms. The third-order valence-corrected chi connectivity index (χ3v) is 4.87. The minimum Gasteiger partial charge on any atom is -0.496 e. The Kier molecular flexibility index (Phi) is 7.21. The monoisotopic (exact) mass is 377 g/mol. The Morgan fingerprint density at radius 2 is 1.84 bits per heavy atom. The van der Waals surface area contributed by atoms with Gasteiger partial charge in [-0.25, -0.2) is 4.79 Å². The van der Waals surface area contributed by atoms with Gasteiger partial charge in [-0.15, -0.1) is 23.5 Å². The summed E-state index contributed by atoms with van der Waals surface area (Å²) in [6.07, 6.45) is 3.86. The van der Waals surface area contributed by atoms with E-state index in [-0.39, 0.29) is 12.2 Å². The number of hydrogen-bond acceptors (Lipinski definition) is 6. The first kappa shape index (κ1) is 19.2. The molecular weight excluding hydrogens is 358 g/mol. The smallest absolute Gasteiger partial charge is 0.342 e. The molecule has 1 amide bonds. The van der Waals surface area contributed by atoms with Gasteiger partial charge in [-0.05, 0) is 42.8 Å². The lowest BCUT2D eigenvalue weighted by Crippen LogP contribution is -2.21. The normalized spacial score (nSPS) is 10.2. The van der Waals surface area contributed by atoms with Crippen LogP contribution in [0.5, 0.6) is 5.75 Å². The molecule has 2 rings (SSSR count). The maximum Gasteiger partial charge on any atom is 0.342 e. The van der Waals surface area contributed by atoms with Gasteiger partial charge >= 0.3 is 5.97 Å². The summed E-state index contributed by atoms with van der Waals surface area (Å²) >= 11 is 3.07. The molecule has 0 fully saturated rings. The number of carbonyl (C=O) groups is 2. The third-order valence-electron chi connectivity index (χ3n) is 3.34. The van der Waals surface area contributed by atoms with Crippen molar-refractivity contribution in [1.82, 2.24) is 0 Å². The summed E-state index contributed by atoms with van der Waals surface area (Å²) < 4.78 is 10.3. The maximum absolute atomic E-state index is 12.2. The number of anilines is 1. The van der Waals surface area contributed by atoms with Gasteiger partial charge in [0.05, 0.1) is 12.8 Å². The fourth-order valence-electron chi connectivity index (χ4n) is 2.11. The van der Waals surface area contributed by atoms with E-state index in [1.165, 1.54) is 18.9 Å². The second-order valence-electron chi connectivity index (χ2n) is 4.89. The van der Waals surface area contributed by atoms with Crippen LogP contribution in [0.15, 0.2) is 52.3 Å². The summed E-state index contributed by atoms with van der Waals surface area (Å²) in [5.41, 5.74) is 0.982. The van der Waals surface area contributed by atoms with E-state index >= 15 is 0 Å². The van der Waals surface area contributed by atoms with Gasteiger partial charge in [0.2, 0.25) is 0 Å². The van der Waals surface area contributed by atoms with Crippen molar-refractivity contribution >= 4 is 41.1 Å². The van der Waals surface area contributed by atoms with Crippen molar-refractivity contribution in [3.63, 3.8) is 0 Å². The number of carbonyl (C=O) groups excluding carboxylic acids is 2. The molecule has 1 N–H and O–H groups in total. The first-order valence-corrected chi connectivity index (χ1v) is 9.86. The molecule has 2 aromatic carbocycles. The molecule has 0 bridgehead atoms. The van der Waals surface area contributed by atoms with Crippen molar-refractivity contribution in [1.29, 1.82) is 0 Å². The number of esters is 1. The van der Waals surface area contributed by atoms with Gasteiger partial charge in [-0.3, -0.25) is 4.79 Å². The van der Waals surface area contributed by atoms with E-state index in [0.29, 0.717) is 11.4 Å². The minimum absolute atomic E-state index is 0.289. The second kappa shape index (κ2) is 9.39. The van der Waals surface area contributed by atoms with Crippen LogP contribution in [0.1, 0.15) is 10.4 Å². The highest BCUT2D eigenvalue weighted by atomic mass is 32.2. The molecule has 0 aliphatic heterocycles. The molecule has 0 atom stereocenters. The lowest BCUT2D eigenvalue weighted by Gasteiger charge is -2.11. The molecule has 0 aliphatic carbocycles. The number of benzene rings is 2. The van der Waals surface area contributed by atoms with Crippen LogP contribution < -0.4 is 10.1 Å². The summed E-state index contributed by atoms with van der Waals surface area (Å²) in [6.45, 7) is -0.366. The molecule has 7 heteroatoms. The van der Waals surface area contributed by atoms with Crippen LogP contribution in [0.4, 0.5) is 5.69 Å². The maximum atomic E-state index is 12.2. The van der Waals surface area contributed by atoms with Crippen LogP contribution in [-0.4, -0.2) is 38.1 Å². The number of amides is 1. The Hall–Kier alpha value is -2.12. The first-order valence-electron chi connectivity index (χ1n) is 7.41. The van der Waals surface area contributed by atoms with Gasteiger partial charge < -0.3 is 14.8 Å². The van der Waals surface area contributed by atoms with Crippen LogP contribution in [0.25, 0.3) is 0 Å². The zero-order chi connectivity index (χ0) is 18.2. The zero-order valence-corrected chi connectivity index (χ0v) is 15.8. The highest BCUT2D eigenvalue weighted by Crippen LogP contribution is 2.26. The number of thioether (sulfide) groups is 2. The molecule has 0 aliphatic rings. The van der Waals surface area contributed by atoms with Gasteiger partial charge in [-0.2, -0.15) is 0 Å². The molecular formula is C18H19NO4S2. The zero-order valence-electron chi connectivity index (χ0n) is 14.2. The quantitative estimate of drug-likeness (QED) is 0.582. The average Bonchev–Trinajstić information content (AvgIpc) is 2.65. The van der Waals surface area contributed by atoms with E-state index in [4.69, 9.17) is 9.47 Å². The fourth-order valence-corrected chi connectivity index (χ4v) is 3.09. The SMILES string of the molecule is COc1cc(SC)ccc1C(=O)OCC(=O)Nc1ccccc1SC. The molecule has 0 aromatic heterocycles. The standard InChI is InChI=1S/C18H19NO4S2/c1-22-15-10-12(24-2)8-9-13(15)18(21)23-11-17(20)19-14-6-4-5-7-16(14)25-3/h4-10H,11H2,1-3H3,(H,19,20). The third kappa shape index (κ3) is 5.17. The van der Waals surface area contributed by atoms with Crippen molar-refractivity contribution in [2.75, 3.05) is 31.5 Å². The summed E-state index contributed by atoms with van der Waals surface area (Å²) in [7, 11) is 1.49. The molecule has 2 aromatic rings. The van der Waals surface area contributed by atoms with E-state index in [1.54, 1.807) is 36.0 Å². The van der Waals surface area contributed by atoms with Gasteiger partial charge in [0.25, 0.3) is 5.91 Å². The van der Waals surface area contributed by atoms with Gasteiger partial charge in [0.15, 0.2) is 6.61 Å². The highest BCUT2D eigenvalue weighted by molar-refractivity contribution is 7.99. The van der Waals surface area contributed by atoms with Crippen molar-refractivity contribution < 1.29 is 19.1 Å². The molecule has 0 radical (unpaired) electrons. The van der Waals surface area contributed by atoms with Crippen molar-refractivity contribution in [3.8, 4) is 5.75 Å². The number of hydrogen-bond donors (Lipinski definition) is 1. The van der Waals surface area contributed by atoms with Crippen LogP contribution in [0.2, 0.25) is 0 Å². The summed E-state index contributed by atoms with van der Waals surface area (Å²) in [6, 6.07) is 12.6. The molecule has 0 heterocycles. The number of methoxy groups -OCH3 is 1. The molecule has 0 saturated heterocycles. The van der Waals surface area contributed by atoms with E-state index in [1.807, 2.05) is 30.7 Å². The molecule has 5 nitrogen and oxygen atoms in total. The van der Waals surface area contributed by atoms with E-state index in [9.17, 15) is 9.59 Å². The Morgan fingerprint density at radius 1 is 1.08 bits per heavy atom. The minimum atomic E-state index is -0.599. The van der Waals surface area contributed by atoms with Crippen LogP contribution in [-0.2, 0) is 9.53 Å². The van der Waals surface area contributed by atoms with Gasteiger partial charge in [0.1, 0.15) is 11.3 Å². The van der Waals surface area contributed by atoms with E-state index in [0.717, 1.165) is 9.79 Å². The number of rotatable bonds is 7. The predicted molar refractivity (Wildman–Crippen MR) is 102 cm³/mol. The lowest BCUT2D eigenvalue weighted by molar-refractivity contribution is -0.119. The molecule has 0 unspecified atom stereocenters. The number of ether oxygens (including phenoxy) is 2. The van der Waals surface area contributed by atoms with Crippen LogP contribution in [0.3, 0.4) is 0 Å². The Bertz CT molecular complexity index is 764. The predicted octanol–water partition coefficient (Wildman–Crippen LogP) is 3.93. The summed E-state index contributed by atoms with van der Waals surface area (Å²) in [4.78, 5) is 26.2. The Balaban J connectivity index is 1.99. The lowest BCUT2D eigenvalue weighted by atomic mass is 10.2. The van der Waals surface area contributed by atoms with Crippen molar-refractivity contribution in [2.24, 2.45) is 0 Å². The first-order chi connectivity index (χ1) is 12.1. The van der Waals surface area contributed by atoms with Crippen LogP contribution >= 0.6 is 23.5 Å². The summed E-state index contributed by atoms with van der Waals surface area (Å²) in [5.74, 6) is -0.572. The fraction of sp³-hybridized carbons (Fsp3) is 0.222. The topological polar surface area (TPSA) is 64.6 Å². The summed E-state index contributed by atoms with van der Waals surface area (Å²) in [5, 5.41) is 2.74. The molecule has 132 valence electrons. The van der Waals surface area contributed by atoms with Gasteiger partial charge in [-0.1, -0.05) is 12.1 Å². The molecule has 0 saturated carbocycles. The van der Waals surface area contributed by atoms with Gasteiger partial charge in [0, 0.05) is 9.79 Å². The van der Waals surface area contributed by atoms with Crippen molar-refractivity contribution in [3.05, 3.63) is 48.0 Å². The second-order valence-corrected chi connectivity index (χ2v) is 6.62. The van der Waals surface area contributed by atoms with E-state index in [2.05, 4.69) is 5.32 Å². The number of nitrogens with one attached hydrogen (secondary N) is 1. The van der Waals surface area contributed by atoms with Crippen molar-refractivity contribution in [2.45, 2.75) is 9.79 Å². The van der Waals surface area contributed by atoms with E-state index < -0.39 is 11.9 Å².